The number of aromatic nitrogens is 1. The molecule has 0 aliphatic carbocycles. The number of nitrogens with two attached hydrogens (primary N) is 1. The maximum Gasteiger partial charge on any atom is 0.0991 e. The van der Waals surface area contributed by atoms with Gasteiger partial charge < -0.3 is 5.73 Å². The van der Waals surface area contributed by atoms with E-state index in [1.54, 1.807) is 23.7 Å². The fraction of sp³-hybridized carbons (Fsp3) is 0.154. The minimum absolute atomic E-state index is 0.645. The Morgan fingerprint density at radius 3 is 2.47 bits per heavy atom. The van der Waals surface area contributed by atoms with Crippen LogP contribution in [-0.2, 0) is 0 Å². The number of hydrogen-bond donors (Lipinski definition) is 1. The summed E-state index contributed by atoms with van der Waals surface area (Å²) in [6, 6.07) is 9.35. The van der Waals surface area contributed by atoms with E-state index in [9.17, 15) is 0 Å². The van der Waals surface area contributed by atoms with Crippen molar-refractivity contribution in [2.75, 3.05) is 0 Å². The van der Waals surface area contributed by atoms with Gasteiger partial charge in [-0.05, 0) is 31.5 Å². The molecule has 0 aliphatic heterocycles. The second-order valence-electron chi connectivity index (χ2n) is 3.83. The first kappa shape index (κ1) is 11.5. The summed E-state index contributed by atoms with van der Waals surface area (Å²) in [5, 5.41) is 8.71. The lowest BCUT2D eigenvalue weighted by atomic mass is 10.1. The van der Waals surface area contributed by atoms with Crippen LogP contribution in [0, 0.1) is 25.2 Å². The quantitative estimate of drug-likeness (QED) is 0.881. The van der Waals surface area contributed by atoms with Crippen LogP contribution in [0.15, 0.2) is 24.3 Å². The molecule has 0 atom stereocenters. The highest BCUT2D eigenvalue weighted by Crippen LogP contribution is 2.21. The summed E-state index contributed by atoms with van der Waals surface area (Å²) in [4.78, 5) is 1.31. The molecule has 0 fully saturated rings. The summed E-state index contributed by atoms with van der Waals surface area (Å²) in [6.07, 6.45) is 1.91. The molecular formula is C13H13N3S. The van der Waals surface area contributed by atoms with Gasteiger partial charge in [-0.25, -0.2) is 0 Å². The molecule has 0 bridgehead atoms. The second-order valence-corrected chi connectivity index (χ2v) is 5.02. The average molecular weight is 243 g/mol. The third-order valence-electron chi connectivity index (χ3n) is 2.68. The van der Waals surface area contributed by atoms with E-state index in [-0.39, 0.29) is 0 Å². The van der Waals surface area contributed by atoms with Crippen LogP contribution in [0.1, 0.15) is 21.7 Å². The Balaban J connectivity index is 2.26. The molecule has 4 heteroatoms. The largest absolute Gasteiger partial charge is 0.397 e. The molecule has 0 radical (unpaired) electrons. The average Bonchev–Trinajstić information content (AvgIpc) is 2.38. The minimum Gasteiger partial charge on any atom is -0.397 e. The highest BCUT2D eigenvalue weighted by Gasteiger charge is 2.05. The lowest BCUT2D eigenvalue weighted by Crippen LogP contribution is -2.04. The molecule has 86 valence electrons. The standard InChI is InChI=1S/C13H13N3S/c1-9-10(2)17-16(9)8-13(15)12-5-3-11(7-14)4-6-12/h3-6,8H,15H2,1-2H3/b13-8-. The number of aryl methyl sites for hydroxylation is 1. The fourth-order valence-electron chi connectivity index (χ4n) is 1.46. The summed E-state index contributed by atoms with van der Waals surface area (Å²) in [7, 11) is 0. The molecule has 0 aliphatic rings. The maximum absolute atomic E-state index is 8.71. The van der Waals surface area contributed by atoms with Crippen molar-refractivity contribution in [2.45, 2.75) is 13.8 Å². The van der Waals surface area contributed by atoms with Gasteiger partial charge in [0.2, 0.25) is 0 Å². The van der Waals surface area contributed by atoms with Crippen molar-refractivity contribution in [1.29, 1.82) is 5.26 Å². The van der Waals surface area contributed by atoms with Crippen molar-refractivity contribution < 1.29 is 0 Å². The zero-order chi connectivity index (χ0) is 12.4. The SMILES string of the molecule is Cc1sn(/C=C(\N)c2ccc(C#N)cc2)c1C. The first-order valence-electron chi connectivity index (χ1n) is 5.24. The van der Waals surface area contributed by atoms with Crippen LogP contribution in [-0.4, -0.2) is 3.96 Å². The van der Waals surface area contributed by atoms with Gasteiger partial charge in [0.05, 0.1) is 17.3 Å². The monoisotopic (exact) mass is 243 g/mol. The normalized spacial score (nSPS) is 11.5. The molecule has 3 nitrogen and oxygen atoms in total. The molecule has 1 aromatic carbocycles. The molecule has 0 saturated heterocycles. The maximum atomic E-state index is 8.71. The molecule has 1 aromatic heterocycles. The third-order valence-corrected chi connectivity index (χ3v) is 3.82. The molecule has 0 spiro atoms. The number of hydrogen-bond acceptors (Lipinski definition) is 3. The van der Waals surface area contributed by atoms with Crippen LogP contribution >= 0.6 is 11.5 Å². The number of benzene rings is 1. The van der Waals surface area contributed by atoms with E-state index in [1.807, 2.05) is 22.3 Å². The van der Waals surface area contributed by atoms with Crippen LogP contribution < -0.4 is 5.73 Å². The Hall–Kier alpha value is -1.99. The number of nitriles is 1. The topological polar surface area (TPSA) is 54.7 Å². The van der Waals surface area contributed by atoms with E-state index in [2.05, 4.69) is 19.9 Å². The van der Waals surface area contributed by atoms with Crippen LogP contribution in [0.2, 0.25) is 0 Å². The summed E-state index contributed by atoms with van der Waals surface area (Å²) in [5.41, 5.74) is 9.51. The van der Waals surface area contributed by atoms with Gasteiger partial charge >= 0.3 is 0 Å². The lowest BCUT2D eigenvalue weighted by Gasteiger charge is -2.13. The van der Waals surface area contributed by atoms with Gasteiger partial charge in [-0.1, -0.05) is 23.7 Å². The van der Waals surface area contributed by atoms with Crippen LogP contribution in [0.3, 0.4) is 0 Å². The molecule has 0 saturated carbocycles. The highest BCUT2D eigenvalue weighted by molar-refractivity contribution is 7.08. The Morgan fingerprint density at radius 1 is 1.35 bits per heavy atom. The number of nitrogens with zero attached hydrogens (tertiary/aromatic N) is 2. The third kappa shape index (κ3) is 2.24. The van der Waals surface area contributed by atoms with E-state index in [0.717, 1.165) is 5.56 Å². The van der Waals surface area contributed by atoms with Crippen molar-refractivity contribution in [2.24, 2.45) is 5.73 Å². The van der Waals surface area contributed by atoms with E-state index in [1.165, 1.54) is 10.6 Å². The van der Waals surface area contributed by atoms with E-state index < -0.39 is 0 Å². The van der Waals surface area contributed by atoms with Gasteiger partial charge in [0.1, 0.15) is 0 Å². The Kier molecular flexibility index (Phi) is 3.03. The first-order chi connectivity index (χ1) is 8.11. The summed E-state index contributed by atoms with van der Waals surface area (Å²) >= 11 is 1.67. The molecule has 2 aromatic rings. The van der Waals surface area contributed by atoms with Gasteiger partial charge in [-0.3, -0.25) is 3.96 Å². The van der Waals surface area contributed by atoms with Gasteiger partial charge in [0, 0.05) is 16.8 Å². The molecule has 2 N–H and O–H groups in total. The predicted molar refractivity (Wildman–Crippen MR) is 71.3 cm³/mol. The summed E-state index contributed by atoms with van der Waals surface area (Å²) < 4.78 is 2.04. The van der Waals surface area contributed by atoms with Crippen molar-refractivity contribution in [3.05, 3.63) is 46.0 Å². The van der Waals surface area contributed by atoms with Crippen molar-refractivity contribution in [3.8, 4) is 6.07 Å². The Morgan fingerprint density at radius 2 is 2.00 bits per heavy atom. The smallest absolute Gasteiger partial charge is 0.0991 e. The van der Waals surface area contributed by atoms with Crippen molar-refractivity contribution >= 4 is 23.4 Å². The Bertz CT molecular complexity index is 594. The molecule has 2 rings (SSSR count). The molecule has 17 heavy (non-hydrogen) atoms. The van der Waals surface area contributed by atoms with Crippen molar-refractivity contribution in [3.63, 3.8) is 0 Å². The van der Waals surface area contributed by atoms with Crippen molar-refractivity contribution in [1.82, 2.24) is 3.96 Å². The Labute approximate surface area is 105 Å². The van der Waals surface area contributed by atoms with E-state index in [4.69, 9.17) is 11.0 Å². The van der Waals surface area contributed by atoms with E-state index in [0.29, 0.717) is 11.3 Å². The van der Waals surface area contributed by atoms with Gasteiger partial charge in [0.25, 0.3) is 0 Å². The van der Waals surface area contributed by atoms with E-state index >= 15 is 0 Å². The van der Waals surface area contributed by atoms with Crippen LogP contribution in [0.25, 0.3) is 11.9 Å². The predicted octanol–water partition coefficient (Wildman–Crippen LogP) is 2.95. The summed E-state index contributed by atoms with van der Waals surface area (Å²) in [5.74, 6) is 0. The molecule has 0 unspecified atom stereocenters. The van der Waals surface area contributed by atoms with Crippen LogP contribution in [0.4, 0.5) is 0 Å². The zero-order valence-corrected chi connectivity index (χ0v) is 10.6. The second kappa shape index (κ2) is 4.48. The zero-order valence-electron chi connectivity index (χ0n) is 9.77. The van der Waals surface area contributed by atoms with Gasteiger partial charge in [-0.2, -0.15) is 5.26 Å². The fourth-order valence-corrected chi connectivity index (χ4v) is 2.29. The lowest BCUT2D eigenvalue weighted by molar-refractivity contribution is 1.11. The first-order valence-corrected chi connectivity index (χ1v) is 6.01. The summed E-state index contributed by atoms with van der Waals surface area (Å²) in [6.45, 7) is 4.15. The number of rotatable bonds is 2. The molecule has 1 heterocycles. The van der Waals surface area contributed by atoms with Gasteiger partial charge in [-0.15, -0.1) is 0 Å². The van der Waals surface area contributed by atoms with Crippen LogP contribution in [0.5, 0.6) is 0 Å². The van der Waals surface area contributed by atoms with Gasteiger partial charge in [0.15, 0.2) is 0 Å². The highest BCUT2D eigenvalue weighted by atomic mass is 32.1. The minimum atomic E-state index is 0.645. The molecular weight excluding hydrogens is 230 g/mol. The molecule has 0 amide bonds.